The van der Waals surface area contributed by atoms with E-state index in [2.05, 4.69) is 56.3 Å². The van der Waals surface area contributed by atoms with Gasteiger partial charge in [0.25, 0.3) is 11.8 Å². The number of carbonyl (C=O) groups is 2. The maximum absolute atomic E-state index is 12.3. The topological polar surface area (TPSA) is 248 Å². The minimum Gasteiger partial charge on any atom is -0.383 e. The maximum Gasteiger partial charge on any atom is 0.268 e. The molecule has 0 bridgehead atoms. The van der Waals surface area contributed by atoms with Crippen LogP contribution in [0.25, 0.3) is 22.3 Å². The molecule has 14 nitrogen and oxygen atoms in total. The zero-order valence-electron chi connectivity index (χ0n) is 35.8. The van der Waals surface area contributed by atoms with E-state index in [-0.39, 0.29) is 56.0 Å². The molecule has 4 aromatic carbocycles. The first-order chi connectivity index (χ1) is 31.6. The quantitative estimate of drug-likeness (QED) is 0.0931. The number of nitrogen functional groups attached to an aromatic ring is 2. The Labute approximate surface area is 402 Å². The van der Waals surface area contributed by atoms with Crippen LogP contribution in [0.4, 0.5) is 23.5 Å². The molecular formula is C48H48Cl4N12O2. The first-order valence-electron chi connectivity index (χ1n) is 21.6. The van der Waals surface area contributed by atoms with E-state index in [1.165, 1.54) is 22.3 Å². The number of halogens is 4. The van der Waals surface area contributed by atoms with Crippen LogP contribution in [0, 0.1) is 10.8 Å². The molecule has 12 N–H and O–H groups in total. The van der Waals surface area contributed by atoms with Crippen LogP contribution in [0.15, 0.2) is 84.9 Å². The number of primary amides is 2. The fraction of sp³-hybridized carbons (Fsp3) is 0.292. The number of amides is 2. The van der Waals surface area contributed by atoms with Crippen LogP contribution in [0.5, 0.6) is 0 Å². The van der Waals surface area contributed by atoms with Gasteiger partial charge in [0, 0.05) is 49.4 Å². The van der Waals surface area contributed by atoms with Crippen molar-refractivity contribution in [1.82, 2.24) is 19.9 Å². The summed E-state index contributed by atoms with van der Waals surface area (Å²) in [5.41, 5.74) is 44.1. The van der Waals surface area contributed by atoms with Crippen LogP contribution in [0.2, 0.25) is 20.1 Å². The van der Waals surface area contributed by atoms with Crippen LogP contribution < -0.4 is 44.2 Å². The second-order valence-electron chi connectivity index (χ2n) is 17.6. The van der Waals surface area contributed by atoms with Crippen LogP contribution in [-0.2, 0) is 12.8 Å². The molecule has 340 valence electrons. The van der Waals surface area contributed by atoms with Crippen molar-refractivity contribution in [2.45, 2.75) is 50.6 Å². The zero-order valence-corrected chi connectivity index (χ0v) is 38.8. The normalized spacial score (nSPS) is 19.0. The summed E-state index contributed by atoms with van der Waals surface area (Å²) in [6.45, 7) is 2.82. The van der Waals surface area contributed by atoms with Crippen LogP contribution in [0.3, 0.4) is 0 Å². The zero-order chi connectivity index (χ0) is 46.7. The average molecular weight is 967 g/mol. The molecule has 2 aromatic heterocycles. The van der Waals surface area contributed by atoms with Crippen LogP contribution in [-0.4, -0.2) is 57.9 Å². The SMILES string of the molecule is NC(=O)c1nc(N2CCC3(CC2)Cc2ccccc2[C@H]3N)nc(N)c1-c1cccc(Cl)c1Cl.NC(=O)c1nc(N2CCC3(CC2)Cc2ccccc2[C@H]3N)nc(N)c1-c1cccc(Cl)c1Cl. The van der Waals surface area contributed by atoms with Crippen molar-refractivity contribution in [3.63, 3.8) is 0 Å². The summed E-state index contributed by atoms with van der Waals surface area (Å²) in [5, 5.41) is 1.20. The molecule has 4 heterocycles. The Morgan fingerprint density at radius 3 is 1.24 bits per heavy atom. The van der Waals surface area contributed by atoms with Gasteiger partial charge in [0.2, 0.25) is 11.9 Å². The van der Waals surface area contributed by atoms with Crippen molar-refractivity contribution in [2.24, 2.45) is 33.8 Å². The fourth-order valence-electron chi connectivity index (χ4n) is 10.4. The van der Waals surface area contributed by atoms with Gasteiger partial charge in [-0.3, -0.25) is 9.59 Å². The van der Waals surface area contributed by atoms with Crippen molar-refractivity contribution in [3.8, 4) is 22.3 Å². The van der Waals surface area contributed by atoms with Crippen molar-refractivity contribution < 1.29 is 9.59 Å². The minimum absolute atomic E-state index is 0.00960. The van der Waals surface area contributed by atoms with Gasteiger partial charge in [-0.05, 0) is 83.7 Å². The second-order valence-corrected chi connectivity index (χ2v) is 19.2. The first kappa shape index (κ1) is 45.4. The van der Waals surface area contributed by atoms with E-state index in [0.29, 0.717) is 70.4 Å². The van der Waals surface area contributed by atoms with Crippen LogP contribution in [0.1, 0.15) is 81.0 Å². The Morgan fingerprint density at radius 2 is 0.894 bits per heavy atom. The van der Waals surface area contributed by atoms with Crippen molar-refractivity contribution in [1.29, 1.82) is 0 Å². The molecule has 4 aliphatic rings. The molecule has 0 radical (unpaired) electrons. The van der Waals surface area contributed by atoms with E-state index in [0.717, 1.165) is 38.5 Å². The van der Waals surface area contributed by atoms with Gasteiger partial charge in [-0.25, -0.2) is 9.97 Å². The highest BCUT2D eigenvalue weighted by atomic mass is 35.5. The Hall–Kier alpha value is -5.74. The third-order valence-electron chi connectivity index (χ3n) is 14.0. The molecule has 2 atom stereocenters. The van der Waals surface area contributed by atoms with Crippen molar-refractivity contribution in [2.75, 3.05) is 47.4 Å². The third kappa shape index (κ3) is 8.03. The Morgan fingerprint density at radius 1 is 0.530 bits per heavy atom. The van der Waals surface area contributed by atoms with Gasteiger partial charge in [0.15, 0.2) is 0 Å². The third-order valence-corrected chi connectivity index (χ3v) is 15.7. The Kier molecular flexibility index (Phi) is 12.3. The van der Waals surface area contributed by atoms with E-state index in [4.69, 9.17) is 80.8 Å². The van der Waals surface area contributed by atoms with Gasteiger partial charge in [-0.2, -0.15) is 9.97 Å². The number of fused-ring (bicyclic) bond motifs is 2. The molecule has 0 unspecified atom stereocenters. The van der Waals surface area contributed by atoms with Gasteiger partial charge < -0.3 is 44.2 Å². The predicted molar refractivity (Wildman–Crippen MR) is 263 cm³/mol. The molecule has 66 heavy (non-hydrogen) atoms. The number of benzene rings is 4. The van der Waals surface area contributed by atoms with E-state index in [1.807, 2.05) is 21.9 Å². The fourth-order valence-corrected chi connectivity index (χ4v) is 11.2. The van der Waals surface area contributed by atoms with Crippen molar-refractivity contribution >= 4 is 81.8 Å². The molecule has 2 amide bonds. The van der Waals surface area contributed by atoms with E-state index in [1.54, 1.807) is 36.4 Å². The monoisotopic (exact) mass is 964 g/mol. The van der Waals surface area contributed by atoms with Crippen LogP contribution >= 0.6 is 46.4 Å². The lowest BCUT2D eigenvalue weighted by atomic mass is 9.73. The highest BCUT2D eigenvalue weighted by molar-refractivity contribution is 6.44. The molecule has 0 saturated carbocycles. The Bertz CT molecular complexity index is 2710. The molecular weight excluding hydrogens is 918 g/mol. The second kappa shape index (κ2) is 17.8. The highest BCUT2D eigenvalue weighted by Crippen LogP contribution is 2.52. The molecule has 2 aliphatic carbocycles. The van der Waals surface area contributed by atoms with Gasteiger partial charge in [0.05, 0.1) is 31.2 Å². The average Bonchev–Trinajstić information content (AvgIpc) is 3.74. The number of aromatic nitrogens is 4. The summed E-state index contributed by atoms with van der Waals surface area (Å²) in [6, 6.07) is 27.0. The first-order valence-corrected chi connectivity index (χ1v) is 23.1. The maximum atomic E-state index is 12.3. The van der Waals surface area contributed by atoms with E-state index >= 15 is 0 Å². The lowest BCUT2D eigenvalue weighted by Gasteiger charge is -2.42. The molecule has 2 aliphatic heterocycles. The smallest absolute Gasteiger partial charge is 0.268 e. The lowest BCUT2D eigenvalue weighted by molar-refractivity contribution is 0.0988. The summed E-state index contributed by atoms with van der Waals surface area (Å²) in [4.78, 5) is 46.7. The number of nitrogens with two attached hydrogens (primary N) is 6. The number of anilines is 4. The van der Waals surface area contributed by atoms with E-state index < -0.39 is 11.8 Å². The lowest BCUT2D eigenvalue weighted by Crippen LogP contribution is -2.45. The molecule has 2 saturated heterocycles. The van der Waals surface area contributed by atoms with Gasteiger partial charge in [-0.15, -0.1) is 0 Å². The Balaban J connectivity index is 0.000000166. The standard InChI is InChI=1S/2C24H24Cl2N6O/c2*25-16-7-3-6-15(18(16)26)17-19(22(29)33)30-23(31-21(17)28)32-10-8-24(9-11-32)12-13-4-1-2-5-14(13)20(24)27/h2*1-7,20H,8-12,27H2,(H2,29,33)(H2,28,30,31)/t2*20-/m11/s1. The molecule has 10 rings (SSSR count). The number of nitrogens with zero attached hydrogens (tertiary/aromatic N) is 6. The number of rotatable bonds is 6. The largest absolute Gasteiger partial charge is 0.383 e. The van der Waals surface area contributed by atoms with Crippen molar-refractivity contribution in [3.05, 3.63) is 139 Å². The van der Waals surface area contributed by atoms with Gasteiger partial charge in [0.1, 0.15) is 23.0 Å². The summed E-state index contributed by atoms with van der Waals surface area (Å²) >= 11 is 25.1. The minimum atomic E-state index is -0.710. The summed E-state index contributed by atoms with van der Waals surface area (Å²) in [5.74, 6) is -0.410. The number of carbonyl (C=O) groups excluding carboxylic acids is 2. The van der Waals surface area contributed by atoms with Gasteiger partial charge in [-0.1, -0.05) is 119 Å². The number of hydrogen-bond acceptors (Lipinski definition) is 12. The van der Waals surface area contributed by atoms with Gasteiger partial charge >= 0.3 is 0 Å². The predicted octanol–water partition coefficient (Wildman–Crippen LogP) is 7.95. The molecule has 6 aromatic rings. The highest BCUT2D eigenvalue weighted by Gasteiger charge is 2.47. The van der Waals surface area contributed by atoms with E-state index in [9.17, 15) is 9.59 Å². The summed E-state index contributed by atoms with van der Waals surface area (Å²) in [7, 11) is 0. The summed E-state index contributed by atoms with van der Waals surface area (Å²) < 4.78 is 0. The number of hydrogen-bond donors (Lipinski definition) is 6. The molecule has 18 heteroatoms. The molecule has 2 fully saturated rings. The summed E-state index contributed by atoms with van der Waals surface area (Å²) in [6.07, 6.45) is 5.50. The molecule has 2 spiro atoms. The number of piperidine rings is 2.